The van der Waals surface area contributed by atoms with Crippen LogP contribution in [0.2, 0.25) is 0 Å². The SMILES string of the molecule is CCn1ncc(C(=O)NCCN(C2CCOCC2)C2CCCN(C(=O)C3CC3)C2)c1C. The molecule has 1 unspecified atom stereocenters. The molecule has 0 spiro atoms. The molecule has 3 aliphatic rings. The van der Waals surface area contributed by atoms with Crippen molar-refractivity contribution < 1.29 is 14.3 Å². The van der Waals surface area contributed by atoms with Crippen LogP contribution < -0.4 is 5.32 Å². The van der Waals surface area contributed by atoms with Crippen LogP contribution in [0, 0.1) is 12.8 Å². The molecule has 31 heavy (non-hydrogen) atoms. The normalized spacial score (nSPS) is 22.7. The molecule has 0 aromatic carbocycles. The van der Waals surface area contributed by atoms with Crippen molar-refractivity contribution in [3.05, 3.63) is 17.5 Å². The molecule has 0 bridgehead atoms. The van der Waals surface area contributed by atoms with Gasteiger partial charge in [0.15, 0.2) is 0 Å². The van der Waals surface area contributed by atoms with E-state index in [1.807, 2.05) is 18.5 Å². The summed E-state index contributed by atoms with van der Waals surface area (Å²) in [6.07, 6.45) is 7.99. The van der Waals surface area contributed by atoms with Crippen LogP contribution in [0.25, 0.3) is 0 Å². The lowest BCUT2D eigenvalue weighted by atomic mass is 9.98. The Bertz CT molecular complexity index is 769. The number of aromatic nitrogens is 2. The molecule has 172 valence electrons. The second-order valence-electron chi connectivity index (χ2n) is 9.15. The summed E-state index contributed by atoms with van der Waals surface area (Å²) in [6.45, 7) is 9.42. The fourth-order valence-corrected chi connectivity index (χ4v) is 5.08. The number of carbonyl (C=O) groups excluding carboxylic acids is 2. The standard InChI is InChI=1S/C23H37N5O3/c1-3-28-17(2)21(15-25-28)22(29)24-10-12-27(19-8-13-31-14-9-19)20-5-4-11-26(16-20)23(30)18-6-7-18/h15,18-20H,3-14,16H2,1-2H3,(H,24,29). The summed E-state index contributed by atoms with van der Waals surface area (Å²) in [4.78, 5) is 30.0. The first kappa shape index (κ1) is 22.3. The summed E-state index contributed by atoms with van der Waals surface area (Å²) >= 11 is 0. The van der Waals surface area contributed by atoms with Gasteiger partial charge in [-0.05, 0) is 52.4 Å². The fraction of sp³-hybridized carbons (Fsp3) is 0.783. The molecule has 8 nitrogen and oxygen atoms in total. The van der Waals surface area contributed by atoms with Gasteiger partial charge in [0.25, 0.3) is 5.91 Å². The predicted octanol–water partition coefficient (Wildman–Crippen LogP) is 1.82. The second kappa shape index (κ2) is 10.1. The highest BCUT2D eigenvalue weighted by Crippen LogP contribution is 2.32. The molecule has 1 aromatic rings. The monoisotopic (exact) mass is 431 g/mol. The number of amides is 2. The Balaban J connectivity index is 1.37. The summed E-state index contributed by atoms with van der Waals surface area (Å²) in [7, 11) is 0. The Kier molecular flexibility index (Phi) is 7.27. The van der Waals surface area contributed by atoms with E-state index in [2.05, 4.69) is 20.2 Å². The van der Waals surface area contributed by atoms with Crippen molar-refractivity contribution in [3.8, 4) is 0 Å². The Morgan fingerprint density at radius 2 is 1.97 bits per heavy atom. The Hall–Kier alpha value is -1.93. The average Bonchev–Trinajstić information content (AvgIpc) is 3.58. The average molecular weight is 432 g/mol. The van der Waals surface area contributed by atoms with Crippen LogP contribution in [0.3, 0.4) is 0 Å². The van der Waals surface area contributed by atoms with Crippen molar-refractivity contribution in [1.29, 1.82) is 0 Å². The van der Waals surface area contributed by atoms with Crippen LogP contribution in [0.15, 0.2) is 6.20 Å². The first-order valence-corrected chi connectivity index (χ1v) is 12.0. The molecule has 4 rings (SSSR count). The second-order valence-corrected chi connectivity index (χ2v) is 9.15. The van der Waals surface area contributed by atoms with Crippen molar-refractivity contribution in [1.82, 2.24) is 24.9 Å². The van der Waals surface area contributed by atoms with Crippen LogP contribution >= 0.6 is 0 Å². The number of piperidine rings is 1. The van der Waals surface area contributed by atoms with E-state index in [1.165, 1.54) is 0 Å². The van der Waals surface area contributed by atoms with Crippen molar-refractivity contribution in [2.75, 3.05) is 39.4 Å². The Morgan fingerprint density at radius 1 is 1.19 bits per heavy atom. The van der Waals surface area contributed by atoms with Crippen molar-refractivity contribution >= 4 is 11.8 Å². The predicted molar refractivity (Wildman–Crippen MR) is 118 cm³/mol. The van der Waals surface area contributed by atoms with Crippen molar-refractivity contribution in [2.24, 2.45) is 5.92 Å². The largest absolute Gasteiger partial charge is 0.381 e. The first-order chi connectivity index (χ1) is 15.1. The van der Waals surface area contributed by atoms with E-state index < -0.39 is 0 Å². The van der Waals surface area contributed by atoms with Crippen molar-refractivity contribution in [3.63, 3.8) is 0 Å². The molecule has 2 amide bonds. The number of nitrogens with one attached hydrogen (secondary N) is 1. The number of carbonyl (C=O) groups is 2. The number of nitrogens with zero attached hydrogens (tertiary/aromatic N) is 4. The van der Waals surface area contributed by atoms with E-state index in [-0.39, 0.29) is 11.8 Å². The van der Waals surface area contributed by atoms with Crippen LogP contribution in [0.1, 0.15) is 61.5 Å². The van der Waals surface area contributed by atoms with Gasteiger partial charge in [0.05, 0.1) is 11.8 Å². The maximum Gasteiger partial charge on any atom is 0.254 e. The van der Waals surface area contributed by atoms with Gasteiger partial charge >= 0.3 is 0 Å². The van der Waals surface area contributed by atoms with E-state index in [9.17, 15) is 9.59 Å². The van der Waals surface area contributed by atoms with Gasteiger partial charge in [-0.25, -0.2) is 0 Å². The number of ether oxygens (including phenoxy) is 1. The molecule has 1 aliphatic carbocycles. The molecule has 3 fully saturated rings. The van der Waals surface area contributed by atoms with Gasteiger partial charge in [-0.1, -0.05) is 0 Å². The van der Waals surface area contributed by atoms with Crippen LogP contribution in [-0.2, 0) is 16.1 Å². The quantitative estimate of drug-likeness (QED) is 0.679. The van der Waals surface area contributed by atoms with Gasteiger partial charge < -0.3 is 15.0 Å². The molecule has 0 radical (unpaired) electrons. The summed E-state index contributed by atoms with van der Waals surface area (Å²) in [5.74, 6) is 0.577. The Labute approximate surface area is 185 Å². The molecule has 3 heterocycles. The van der Waals surface area contributed by atoms with E-state index >= 15 is 0 Å². The molecular formula is C23H37N5O3. The van der Waals surface area contributed by atoms with E-state index in [0.29, 0.717) is 30.1 Å². The van der Waals surface area contributed by atoms with Crippen LogP contribution in [0.5, 0.6) is 0 Å². The summed E-state index contributed by atoms with van der Waals surface area (Å²) in [5.41, 5.74) is 1.56. The van der Waals surface area contributed by atoms with E-state index in [4.69, 9.17) is 4.74 Å². The highest BCUT2D eigenvalue weighted by Gasteiger charge is 2.37. The highest BCUT2D eigenvalue weighted by atomic mass is 16.5. The third-order valence-corrected chi connectivity index (χ3v) is 7.07. The highest BCUT2D eigenvalue weighted by molar-refractivity contribution is 5.95. The van der Waals surface area contributed by atoms with Crippen molar-refractivity contribution in [2.45, 2.75) is 71.0 Å². The lowest BCUT2D eigenvalue weighted by molar-refractivity contribution is -0.135. The summed E-state index contributed by atoms with van der Waals surface area (Å²) in [5, 5.41) is 7.39. The lowest BCUT2D eigenvalue weighted by Gasteiger charge is -2.44. The number of hydrogen-bond donors (Lipinski definition) is 1. The zero-order chi connectivity index (χ0) is 21.8. The maximum atomic E-state index is 12.7. The number of hydrogen-bond acceptors (Lipinski definition) is 5. The van der Waals surface area contributed by atoms with Gasteiger partial charge in [-0.15, -0.1) is 0 Å². The van der Waals surface area contributed by atoms with Crippen LogP contribution in [0.4, 0.5) is 0 Å². The maximum absolute atomic E-state index is 12.7. The first-order valence-electron chi connectivity index (χ1n) is 12.0. The zero-order valence-electron chi connectivity index (χ0n) is 19.0. The zero-order valence-corrected chi connectivity index (χ0v) is 19.0. The molecule has 2 aliphatic heterocycles. The minimum absolute atomic E-state index is 0.0571. The van der Waals surface area contributed by atoms with Gasteiger partial charge in [0.1, 0.15) is 0 Å². The molecule has 1 saturated carbocycles. The molecule has 1 aromatic heterocycles. The van der Waals surface area contributed by atoms with E-state index in [1.54, 1.807) is 6.20 Å². The minimum atomic E-state index is -0.0571. The fourth-order valence-electron chi connectivity index (χ4n) is 5.08. The van der Waals surface area contributed by atoms with Gasteiger partial charge in [-0.2, -0.15) is 5.10 Å². The summed E-state index contributed by atoms with van der Waals surface area (Å²) in [6, 6.07) is 0.817. The van der Waals surface area contributed by atoms with E-state index in [0.717, 1.165) is 83.6 Å². The molecule has 8 heteroatoms. The minimum Gasteiger partial charge on any atom is -0.381 e. The number of rotatable bonds is 8. The lowest BCUT2D eigenvalue weighted by Crippen LogP contribution is -2.55. The Morgan fingerprint density at radius 3 is 2.65 bits per heavy atom. The molecular weight excluding hydrogens is 394 g/mol. The number of aryl methyl sites for hydroxylation is 1. The van der Waals surface area contributed by atoms with Crippen LogP contribution in [-0.4, -0.2) is 82.9 Å². The molecule has 1 N–H and O–H groups in total. The topological polar surface area (TPSA) is 79.7 Å². The third kappa shape index (κ3) is 5.29. The number of likely N-dealkylation sites (tertiary alicyclic amines) is 1. The summed E-state index contributed by atoms with van der Waals surface area (Å²) < 4.78 is 7.44. The van der Waals surface area contributed by atoms with Gasteiger partial charge in [0, 0.05) is 69.6 Å². The molecule has 1 atom stereocenters. The molecule has 2 saturated heterocycles. The van der Waals surface area contributed by atoms with Gasteiger partial charge in [0.2, 0.25) is 5.91 Å². The third-order valence-electron chi connectivity index (χ3n) is 7.07. The van der Waals surface area contributed by atoms with Gasteiger partial charge in [-0.3, -0.25) is 19.2 Å². The smallest absolute Gasteiger partial charge is 0.254 e.